The van der Waals surface area contributed by atoms with Gasteiger partial charge in [-0.25, -0.2) is 0 Å². The van der Waals surface area contributed by atoms with E-state index in [4.69, 9.17) is 9.47 Å². The molecule has 0 saturated heterocycles. The second-order valence-corrected chi connectivity index (χ2v) is 7.18. The summed E-state index contributed by atoms with van der Waals surface area (Å²) >= 11 is 3.37. The third kappa shape index (κ3) is 3.12. The molecule has 0 bridgehead atoms. The summed E-state index contributed by atoms with van der Waals surface area (Å²) in [5.74, 6) is -1.21. The average molecular weight is 355 g/mol. The summed E-state index contributed by atoms with van der Waals surface area (Å²) in [6.07, 6.45) is 0.427. The molecule has 1 aliphatic carbocycles. The van der Waals surface area contributed by atoms with Gasteiger partial charge in [-0.1, -0.05) is 28.1 Å². The minimum Gasteiger partial charge on any atom is -0.469 e. The summed E-state index contributed by atoms with van der Waals surface area (Å²) in [6.45, 7) is 5.45. The van der Waals surface area contributed by atoms with Crippen molar-refractivity contribution in [1.29, 1.82) is 0 Å². The quantitative estimate of drug-likeness (QED) is 0.782. The van der Waals surface area contributed by atoms with Crippen molar-refractivity contribution in [2.24, 2.45) is 5.92 Å². The predicted molar refractivity (Wildman–Crippen MR) is 81.8 cm³/mol. The van der Waals surface area contributed by atoms with Gasteiger partial charge in [0.05, 0.1) is 13.0 Å². The molecule has 114 valence electrons. The highest BCUT2D eigenvalue weighted by atomic mass is 79.9. The van der Waals surface area contributed by atoms with Gasteiger partial charge in [0.1, 0.15) is 11.0 Å². The minimum atomic E-state index is -0.916. The average Bonchev–Trinajstić information content (AvgIpc) is 3.13. The molecule has 2 atom stereocenters. The number of ether oxygens (including phenoxy) is 2. The number of carbonyl (C=O) groups excluding carboxylic acids is 2. The summed E-state index contributed by atoms with van der Waals surface area (Å²) in [5, 5.41) is 0. The van der Waals surface area contributed by atoms with Gasteiger partial charge in [0.25, 0.3) is 0 Å². The number of benzene rings is 1. The number of hydrogen-bond acceptors (Lipinski definition) is 4. The summed E-state index contributed by atoms with van der Waals surface area (Å²) in [6, 6.07) is 7.40. The maximum absolute atomic E-state index is 12.6. The fourth-order valence-electron chi connectivity index (χ4n) is 2.47. The molecular formula is C16H19BrO4. The Labute approximate surface area is 132 Å². The van der Waals surface area contributed by atoms with Gasteiger partial charge in [-0.2, -0.15) is 0 Å². The smallest absolute Gasteiger partial charge is 0.317 e. The zero-order chi connectivity index (χ0) is 15.8. The summed E-state index contributed by atoms with van der Waals surface area (Å²) in [5.41, 5.74) is -0.723. The molecule has 1 saturated carbocycles. The van der Waals surface area contributed by atoms with E-state index >= 15 is 0 Å². The number of methoxy groups -OCH3 is 1. The molecule has 0 heterocycles. The first-order valence-electron chi connectivity index (χ1n) is 6.78. The Hall–Kier alpha value is -1.36. The van der Waals surface area contributed by atoms with Crippen molar-refractivity contribution in [2.75, 3.05) is 7.11 Å². The lowest BCUT2D eigenvalue weighted by molar-refractivity contribution is -0.160. The molecule has 2 rings (SSSR count). The van der Waals surface area contributed by atoms with Crippen LogP contribution in [0.15, 0.2) is 28.7 Å². The SMILES string of the molecule is COC(=O)[C@@H]1C[C@]1(C(=O)OC(C)(C)C)c1ccc(Br)cc1. The lowest BCUT2D eigenvalue weighted by atomic mass is 9.93. The van der Waals surface area contributed by atoms with Crippen molar-refractivity contribution in [3.05, 3.63) is 34.3 Å². The molecule has 0 aromatic heterocycles. The van der Waals surface area contributed by atoms with Gasteiger partial charge >= 0.3 is 11.9 Å². The topological polar surface area (TPSA) is 52.6 Å². The first kappa shape index (κ1) is 16.0. The fourth-order valence-corrected chi connectivity index (χ4v) is 2.73. The molecule has 0 unspecified atom stereocenters. The van der Waals surface area contributed by atoms with Crippen molar-refractivity contribution < 1.29 is 19.1 Å². The maximum atomic E-state index is 12.6. The van der Waals surface area contributed by atoms with Gasteiger partial charge in [0, 0.05) is 4.47 Å². The van der Waals surface area contributed by atoms with Crippen LogP contribution in [0.1, 0.15) is 32.8 Å². The van der Waals surface area contributed by atoms with Crippen LogP contribution in [-0.4, -0.2) is 24.6 Å². The third-order valence-electron chi connectivity index (χ3n) is 3.57. The van der Waals surface area contributed by atoms with E-state index in [1.807, 2.05) is 45.0 Å². The Morgan fingerprint density at radius 2 is 1.81 bits per heavy atom. The second kappa shape index (κ2) is 5.44. The van der Waals surface area contributed by atoms with Crippen molar-refractivity contribution >= 4 is 27.9 Å². The Morgan fingerprint density at radius 3 is 2.29 bits per heavy atom. The van der Waals surface area contributed by atoms with Crippen molar-refractivity contribution in [2.45, 2.75) is 38.2 Å². The highest BCUT2D eigenvalue weighted by molar-refractivity contribution is 9.10. The molecule has 0 N–H and O–H groups in total. The fraction of sp³-hybridized carbons (Fsp3) is 0.500. The number of carbonyl (C=O) groups is 2. The van der Waals surface area contributed by atoms with Crippen LogP contribution in [0, 0.1) is 5.92 Å². The molecule has 4 nitrogen and oxygen atoms in total. The first-order chi connectivity index (χ1) is 9.70. The van der Waals surface area contributed by atoms with Gasteiger partial charge < -0.3 is 9.47 Å². The van der Waals surface area contributed by atoms with Crippen LogP contribution in [0.25, 0.3) is 0 Å². The van der Waals surface area contributed by atoms with Gasteiger partial charge in [-0.05, 0) is 44.9 Å². The molecule has 1 fully saturated rings. The molecule has 5 heteroatoms. The van der Waals surface area contributed by atoms with Gasteiger partial charge in [-0.15, -0.1) is 0 Å². The normalized spacial score (nSPS) is 24.3. The van der Waals surface area contributed by atoms with E-state index in [9.17, 15) is 9.59 Å². The molecule has 1 aromatic carbocycles. The summed E-state index contributed by atoms with van der Waals surface area (Å²) in [7, 11) is 1.34. The van der Waals surface area contributed by atoms with E-state index in [1.165, 1.54) is 7.11 Å². The Morgan fingerprint density at radius 1 is 1.24 bits per heavy atom. The Bertz CT molecular complexity index is 559. The van der Waals surface area contributed by atoms with Crippen molar-refractivity contribution in [3.63, 3.8) is 0 Å². The van der Waals surface area contributed by atoms with E-state index in [2.05, 4.69) is 15.9 Å². The lowest BCUT2D eigenvalue weighted by Crippen LogP contribution is -2.34. The van der Waals surface area contributed by atoms with Crippen molar-refractivity contribution in [3.8, 4) is 0 Å². The van der Waals surface area contributed by atoms with E-state index in [1.54, 1.807) is 0 Å². The third-order valence-corrected chi connectivity index (χ3v) is 4.10. The molecule has 0 spiro atoms. The van der Waals surface area contributed by atoms with Crippen LogP contribution in [-0.2, 0) is 24.5 Å². The number of hydrogen-bond donors (Lipinski definition) is 0. The van der Waals surface area contributed by atoms with Crippen LogP contribution in [0.5, 0.6) is 0 Å². The maximum Gasteiger partial charge on any atom is 0.317 e. The minimum absolute atomic E-state index is 0.368. The molecule has 0 radical (unpaired) electrons. The Kier molecular flexibility index (Phi) is 4.15. The van der Waals surface area contributed by atoms with E-state index < -0.39 is 16.9 Å². The predicted octanol–water partition coefficient (Wildman–Crippen LogP) is 3.22. The second-order valence-electron chi connectivity index (χ2n) is 6.26. The molecule has 0 amide bonds. The van der Waals surface area contributed by atoms with Crippen LogP contribution >= 0.6 is 15.9 Å². The zero-order valence-corrected chi connectivity index (χ0v) is 14.2. The van der Waals surface area contributed by atoms with E-state index in [-0.39, 0.29) is 11.9 Å². The number of rotatable bonds is 3. The van der Waals surface area contributed by atoms with Crippen molar-refractivity contribution in [1.82, 2.24) is 0 Å². The van der Waals surface area contributed by atoms with Crippen LogP contribution in [0.3, 0.4) is 0 Å². The van der Waals surface area contributed by atoms with Crippen LogP contribution < -0.4 is 0 Å². The Balaban J connectivity index is 2.36. The molecule has 0 aliphatic heterocycles. The first-order valence-corrected chi connectivity index (χ1v) is 7.57. The highest BCUT2D eigenvalue weighted by Gasteiger charge is 2.67. The zero-order valence-electron chi connectivity index (χ0n) is 12.6. The standard InChI is InChI=1S/C16H19BrO4/c1-15(2,3)21-14(19)16(9-12(16)13(18)20-4)10-5-7-11(17)8-6-10/h5-8,12H,9H2,1-4H3/t12-,16-/m0/s1. The van der Waals surface area contributed by atoms with E-state index in [0.29, 0.717) is 6.42 Å². The molecular weight excluding hydrogens is 336 g/mol. The molecule has 1 aromatic rings. The lowest BCUT2D eigenvalue weighted by Gasteiger charge is -2.24. The summed E-state index contributed by atoms with van der Waals surface area (Å²) < 4.78 is 11.2. The van der Waals surface area contributed by atoms with Crippen LogP contribution in [0.4, 0.5) is 0 Å². The van der Waals surface area contributed by atoms with E-state index in [0.717, 1.165) is 10.0 Å². The largest absolute Gasteiger partial charge is 0.469 e. The molecule has 21 heavy (non-hydrogen) atoms. The monoisotopic (exact) mass is 354 g/mol. The van der Waals surface area contributed by atoms with Gasteiger partial charge in [0.2, 0.25) is 0 Å². The summed E-state index contributed by atoms with van der Waals surface area (Å²) in [4.78, 5) is 24.5. The number of esters is 2. The van der Waals surface area contributed by atoms with Gasteiger partial charge in [0.15, 0.2) is 0 Å². The van der Waals surface area contributed by atoms with Gasteiger partial charge in [-0.3, -0.25) is 9.59 Å². The number of halogens is 1. The molecule has 1 aliphatic rings. The van der Waals surface area contributed by atoms with Crippen LogP contribution in [0.2, 0.25) is 0 Å². The highest BCUT2D eigenvalue weighted by Crippen LogP contribution is 2.56.